The maximum atomic E-state index is 11.9. The van der Waals surface area contributed by atoms with Gasteiger partial charge in [0.25, 0.3) is 0 Å². The lowest BCUT2D eigenvalue weighted by Gasteiger charge is -2.16. The quantitative estimate of drug-likeness (QED) is 0.927. The molecule has 0 bridgehead atoms. The van der Waals surface area contributed by atoms with E-state index in [-0.39, 0.29) is 17.7 Å². The molecule has 1 atom stereocenters. The predicted molar refractivity (Wildman–Crippen MR) is 73.3 cm³/mol. The molecule has 2 rings (SSSR count). The van der Waals surface area contributed by atoms with Crippen LogP contribution in [0.25, 0.3) is 0 Å². The Morgan fingerprint density at radius 1 is 1.56 bits per heavy atom. The summed E-state index contributed by atoms with van der Waals surface area (Å²) in [4.78, 5) is 25.3. The van der Waals surface area contributed by atoms with Crippen molar-refractivity contribution in [2.24, 2.45) is 5.92 Å². The van der Waals surface area contributed by atoms with Crippen LogP contribution in [-0.4, -0.2) is 24.9 Å². The monoisotopic (exact) mass is 310 g/mol. The minimum absolute atomic E-state index is 0.00403. The molecule has 1 unspecified atom stereocenters. The summed E-state index contributed by atoms with van der Waals surface area (Å²) in [5, 5.41) is 2.76. The maximum Gasteiger partial charge on any atom is 0.227 e. The van der Waals surface area contributed by atoms with Gasteiger partial charge in [0.15, 0.2) is 0 Å². The number of benzene rings is 1. The summed E-state index contributed by atoms with van der Waals surface area (Å²) >= 11 is 3.38. The highest BCUT2D eigenvalue weighted by Gasteiger charge is 2.34. The normalized spacial score (nSPS) is 19.1. The molecule has 1 fully saturated rings. The highest BCUT2D eigenvalue weighted by molar-refractivity contribution is 9.10. The first-order valence-electron chi connectivity index (χ1n) is 5.95. The SMILES string of the molecule is CCNC(=O)C1CC(=O)N(c2cccc(Br)c2)C1. The topological polar surface area (TPSA) is 49.4 Å². The second-order valence-electron chi connectivity index (χ2n) is 4.28. The van der Waals surface area contributed by atoms with Gasteiger partial charge in [-0.3, -0.25) is 9.59 Å². The molecule has 1 saturated heterocycles. The van der Waals surface area contributed by atoms with Gasteiger partial charge in [0, 0.05) is 29.7 Å². The van der Waals surface area contributed by atoms with Crippen LogP contribution in [0.15, 0.2) is 28.7 Å². The average Bonchev–Trinajstić information content (AvgIpc) is 2.72. The van der Waals surface area contributed by atoms with Crippen LogP contribution in [0.4, 0.5) is 5.69 Å². The van der Waals surface area contributed by atoms with E-state index in [4.69, 9.17) is 0 Å². The lowest BCUT2D eigenvalue weighted by atomic mass is 10.1. The summed E-state index contributed by atoms with van der Waals surface area (Å²) in [5.74, 6) is -0.274. The highest BCUT2D eigenvalue weighted by Crippen LogP contribution is 2.27. The van der Waals surface area contributed by atoms with Crippen LogP contribution in [0.5, 0.6) is 0 Å². The molecule has 18 heavy (non-hydrogen) atoms. The highest BCUT2D eigenvalue weighted by atomic mass is 79.9. The first-order valence-corrected chi connectivity index (χ1v) is 6.74. The number of anilines is 1. The Morgan fingerprint density at radius 2 is 2.33 bits per heavy atom. The molecule has 4 nitrogen and oxygen atoms in total. The van der Waals surface area contributed by atoms with Gasteiger partial charge in [-0.2, -0.15) is 0 Å². The van der Waals surface area contributed by atoms with E-state index >= 15 is 0 Å². The van der Waals surface area contributed by atoms with Crippen LogP contribution in [-0.2, 0) is 9.59 Å². The van der Waals surface area contributed by atoms with E-state index in [2.05, 4.69) is 21.2 Å². The molecule has 96 valence electrons. The fourth-order valence-corrected chi connectivity index (χ4v) is 2.48. The Bertz CT molecular complexity index is 476. The van der Waals surface area contributed by atoms with Crippen molar-refractivity contribution in [1.29, 1.82) is 0 Å². The van der Waals surface area contributed by atoms with E-state index in [1.54, 1.807) is 4.90 Å². The molecule has 1 aliphatic heterocycles. The van der Waals surface area contributed by atoms with Crippen LogP contribution in [0.3, 0.4) is 0 Å². The van der Waals surface area contributed by atoms with Crippen LogP contribution in [0, 0.1) is 5.92 Å². The van der Waals surface area contributed by atoms with Gasteiger partial charge < -0.3 is 10.2 Å². The van der Waals surface area contributed by atoms with Gasteiger partial charge in [0.05, 0.1) is 5.92 Å². The van der Waals surface area contributed by atoms with E-state index in [0.717, 1.165) is 10.2 Å². The van der Waals surface area contributed by atoms with Crippen LogP contribution in [0.1, 0.15) is 13.3 Å². The van der Waals surface area contributed by atoms with Crippen LogP contribution in [0.2, 0.25) is 0 Å². The number of carbonyl (C=O) groups is 2. The number of hydrogen-bond donors (Lipinski definition) is 1. The number of halogens is 1. The van der Waals surface area contributed by atoms with Crippen molar-refractivity contribution in [2.45, 2.75) is 13.3 Å². The molecule has 0 saturated carbocycles. The smallest absolute Gasteiger partial charge is 0.227 e. The second kappa shape index (κ2) is 5.52. The first-order chi connectivity index (χ1) is 8.61. The van der Waals surface area contributed by atoms with Crippen LogP contribution >= 0.6 is 15.9 Å². The average molecular weight is 311 g/mol. The Balaban J connectivity index is 2.12. The largest absolute Gasteiger partial charge is 0.356 e. The molecule has 1 aromatic rings. The third-order valence-corrected chi connectivity index (χ3v) is 3.46. The number of hydrogen-bond acceptors (Lipinski definition) is 2. The Hall–Kier alpha value is -1.36. The van der Waals surface area contributed by atoms with E-state index < -0.39 is 0 Å². The number of amides is 2. The molecule has 0 radical (unpaired) electrons. The van der Waals surface area contributed by atoms with Crippen molar-refractivity contribution in [3.05, 3.63) is 28.7 Å². The van der Waals surface area contributed by atoms with E-state index in [1.807, 2.05) is 31.2 Å². The van der Waals surface area contributed by atoms with Crippen molar-refractivity contribution >= 4 is 33.4 Å². The molecule has 1 heterocycles. The Morgan fingerprint density at radius 3 is 3.00 bits per heavy atom. The van der Waals surface area contributed by atoms with Crippen molar-refractivity contribution < 1.29 is 9.59 Å². The third-order valence-electron chi connectivity index (χ3n) is 2.97. The van der Waals surface area contributed by atoms with Crippen molar-refractivity contribution in [1.82, 2.24) is 5.32 Å². The van der Waals surface area contributed by atoms with Crippen LogP contribution < -0.4 is 10.2 Å². The summed E-state index contributed by atoms with van der Waals surface area (Å²) in [5.41, 5.74) is 0.834. The summed E-state index contributed by atoms with van der Waals surface area (Å²) in [6.45, 7) is 2.93. The van der Waals surface area contributed by atoms with Gasteiger partial charge in [-0.25, -0.2) is 0 Å². The summed E-state index contributed by atoms with van der Waals surface area (Å²) in [7, 11) is 0. The Labute approximate surface area is 114 Å². The molecule has 1 N–H and O–H groups in total. The van der Waals surface area contributed by atoms with E-state index in [0.29, 0.717) is 19.5 Å². The number of carbonyl (C=O) groups excluding carboxylic acids is 2. The Kier molecular flexibility index (Phi) is 4.01. The lowest BCUT2D eigenvalue weighted by molar-refractivity contribution is -0.126. The second-order valence-corrected chi connectivity index (χ2v) is 5.20. The molecule has 5 heteroatoms. The molecular formula is C13H15BrN2O2. The van der Waals surface area contributed by atoms with Gasteiger partial charge in [-0.05, 0) is 25.1 Å². The maximum absolute atomic E-state index is 11.9. The van der Waals surface area contributed by atoms with Crippen molar-refractivity contribution in [3.63, 3.8) is 0 Å². The fourth-order valence-electron chi connectivity index (χ4n) is 2.10. The minimum atomic E-state index is -0.239. The summed E-state index contributed by atoms with van der Waals surface area (Å²) in [6.07, 6.45) is 0.290. The van der Waals surface area contributed by atoms with Gasteiger partial charge in [-0.15, -0.1) is 0 Å². The van der Waals surface area contributed by atoms with E-state index in [9.17, 15) is 9.59 Å². The molecule has 0 aliphatic carbocycles. The summed E-state index contributed by atoms with van der Waals surface area (Å²) < 4.78 is 0.925. The van der Waals surface area contributed by atoms with Gasteiger partial charge in [0.2, 0.25) is 11.8 Å². The number of nitrogens with zero attached hydrogens (tertiary/aromatic N) is 1. The molecule has 0 aromatic heterocycles. The van der Waals surface area contributed by atoms with Crippen molar-refractivity contribution in [3.8, 4) is 0 Å². The van der Waals surface area contributed by atoms with E-state index in [1.165, 1.54) is 0 Å². The lowest BCUT2D eigenvalue weighted by Crippen LogP contribution is -2.32. The van der Waals surface area contributed by atoms with Crippen molar-refractivity contribution in [2.75, 3.05) is 18.0 Å². The number of rotatable bonds is 3. The minimum Gasteiger partial charge on any atom is -0.356 e. The number of nitrogens with one attached hydrogen (secondary N) is 1. The fraction of sp³-hybridized carbons (Fsp3) is 0.385. The van der Waals surface area contributed by atoms with Gasteiger partial charge >= 0.3 is 0 Å². The molecule has 1 aromatic carbocycles. The predicted octanol–water partition coefficient (Wildman–Crippen LogP) is 1.94. The van der Waals surface area contributed by atoms with Gasteiger partial charge in [0.1, 0.15) is 0 Å². The zero-order valence-corrected chi connectivity index (χ0v) is 11.7. The zero-order valence-electron chi connectivity index (χ0n) is 10.1. The van der Waals surface area contributed by atoms with Gasteiger partial charge in [-0.1, -0.05) is 22.0 Å². The third kappa shape index (κ3) is 2.72. The standard InChI is InChI=1S/C13H15BrN2O2/c1-2-15-13(18)9-6-12(17)16(8-9)11-5-3-4-10(14)7-11/h3-5,7,9H,2,6,8H2,1H3,(H,15,18). The molecule has 2 amide bonds. The zero-order chi connectivity index (χ0) is 13.1. The molecule has 1 aliphatic rings. The molecular weight excluding hydrogens is 296 g/mol. The summed E-state index contributed by atoms with van der Waals surface area (Å²) in [6, 6.07) is 7.55. The molecule has 0 spiro atoms. The first kappa shape index (κ1) is 13.1.